The number of rotatable bonds is 4. The van der Waals surface area contributed by atoms with E-state index in [0.717, 1.165) is 36.2 Å². The molecular formula is C19H27N3O2. The SMILES string of the molecule is Cc1ccc2nc(C3CCCN3C(=O)C(C)(C)OC(C)C)[nH]c2c1. The molecule has 1 aliphatic heterocycles. The van der Waals surface area contributed by atoms with E-state index < -0.39 is 5.60 Å². The molecule has 2 aromatic rings. The Balaban J connectivity index is 1.88. The van der Waals surface area contributed by atoms with Crippen LogP contribution in [0, 0.1) is 6.92 Å². The van der Waals surface area contributed by atoms with Crippen molar-refractivity contribution in [2.75, 3.05) is 6.54 Å². The molecule has 1 N–H and O–H groups in total. The number of aryl methyl sites for hydroxylation is 1. The molecule has 1 atom stereocenters. The lowest BCUT2D eigenvalue weighted by atomic mass is 10.1. The third-order valence-electron chi connectivity index (χ3n) is 4.53. The Morgan fingerprint density at radius 3 is 2.88 bits per heavy atom. The number of aromatic nitrogens is 2. The first-order valence-electron chi connectivity index (χ1n) is 8.73. The molecule has 1 saturated heterocycles. The summed E-state index contributed by atoms with van der Waals surface area (Å²) >= 11 is 0. The van der Waals surface area contributed by atoms with Gasteiger partial charge in [-0.3, -0.25) is 4.79 Å². The van der Waals surface area contributed by atoms with Gasteiger partial charge in [0.1, 0.15) is 11.4 Å². The molecule has 3 rings (SSSR count). The highest BCUT2D eigenvalue weighted by molar-refractivity contribution is 5.85. The molecule has 1 aromatic heterocycles. The van der Waals surface area contributed by atoms with E-state index in [4.69, 9.17) is 9.72 Å². The quantitative estimate of drug-likeness (QED) is 0.929. The van der Waals surface area contributed by atoms with Crippen LogP contribution in [0.25, 0.3) is 11.0 Å². The number of benzene rings is 1. The first kappa shape index (κ1) is 17.0. The number of carbonyl (C=O) groups is 1. The average Bonchev–Trinajstić information content (AvgIpc) is 3.10. The fraction of sp³-hybridized carbons (Fsp3) is 0.579. The third-order valence-corrected chi connectivity index (χ3v) is 4.53. The number of ether oxygens (including phenoxy) is 1. The van der Waals surface area contributed by atoms with Gasteiger partial charge in [-0.15, -0.1) is 0 Å². The van der Waals surface area contributed by atoms with E-state index in [1.807, 2.05) is 38.7 Å². The second kappa shape index (κ2) is 6.20. The summed E-state index contributed by atoms with van der Waals surface area (Å²) < 4.78 is 5.85. The van der Waals surface area contributed by atoms with Gasteiger partial charge in [-0.2, -0.15) is 0 Å². The number of hydrogen-bond acceptors (Lipinski definition) is 3. The highest BCUT2D eigenvalue weighted by Crippen LogP contribution is 2.34. The molecule has 130 valence electrons. The molecule has 0 aliphatic carbocycles. The van der Waals surface area contributed by atoms with Crippen molar-refractivity contribution < 1.29 is 9.53 Å². The van der Waals surface area contributed by atoms with Gasteiger partial charge in [-0.25, -0.2) is 4.98 Å². The zero-order chi connectivity index (χ0) is 17.5. The monoisotopic (exact) mass is 329 g/mol. The number of hydrogen-bond donors (Lipinski definition) is 1. The van der Waals surface area contributed by atoms with Crippen molar-refractivity contribution in [2.45, 2.75) is 65.2 Å². The third kappa shape index (κ3) is 3.18. The van der Waals surface area contributed by atoms with Crippen LogP contribution in [0.2, 0.25) is 0 Å². The fourth-order valence-corrected chi connectivity index (χ4v) is 3.58. The summed E-state index contributed by atoms with van der Waals surface area (Å²) in [6.45, 7) is 10.4. The van der Waals surface area contributed by atoms with E-state index in [1.54, 1.807) is 0 Å². The van der Waals surface area contributed by atoms with Crippen molar-refractivity contribution in [1.29, 1.82) is 0 Å². The molecule has 1 aromatic carbocycles. The van der Waals surface area contributed by atoms with E-state index in [0.29, 0.717) is 0 Å². The maximum Gasteiger partial charge on any atom is 0.254 e. The molecule has 24 heavy (non-hydrogen) atoms. The Hall–Kier alpha value is -1.88. The fourth-order valence-electron chi connectivity index (χ4n) is 3.58. The molecule has 5 heteroatoms. The minimum absolute atomic E-state index is 0.000225. The van der Waals surface area contributed by atoms with Crippen LogP contribution in [0.4, 0.5) is 0 Å². The van der Waals surface area contributed by atoms with Gasteiger partial charge < -0.3 is 14.6 Å². The standard InChI is InChI=1S/C19H27N3O2/c1-12(2)24-19(4,5)18(23)22-10-6-7-16(22)17-20-14-9-8-13(3)11-15(14)21-17/h8-9,11-12,16H,6-7,10H2,1-5H3,(H,20,21). The van der Waals surface area contributed by atoms with Crippen LogP contribution in [0.1, 0.15) is 58.0 Å². The highest BCUT2D eigenvalue weighted by Gasteiger charge is 2.40. The number of H-pyrrole nitrogens is 1. The lowest BCUT2D eigenvalue weighted by Gasteiger charge is -2.33. The normalized spacial score (nSPS) is 18.8. The zero-order valence-corrected chi connectivity index (χ0v) is 15.2. The van der Waals surface area contributed by atoms with Gasteiger partial charge in [0.25, 0.3) is 5.91 Å². The lowest BCUT2D eigenvalue weighted by Crippen LogP contribution is -2.47. The highest BCUT2D eigenvalue weighted by atomic mass is 16.5. The van der Waals surface area contributed by atoms with Crippen molar-refractivity contribution in [3.05, 3.63) is 29.6 Å². The molecule has 1 amide bonds. The summed E-state index contributed by atoms with van der Waals surface area (Å²) in [6.07, 6.45) is 1.94. The van der Waals surface area contributed by atoms with Crippen molar-refractivity contribution in [3.8, 4) is 0 Å². The summed E-state index contributed by atoms with van der Waals surface area (Å²) in [5.74, 6) is 0.914. The molecule has 5 nitrogen and oxygen atoms in total. The van der Waals surface area contributed by atoms with Crippen molar-refractivity contribution in [2.24, 2.45) is 0 Å². The van der Waals surface area contributed by atoms with Gasteiger partial charge in [0.15, 0.2) is 0 Å². The van der Waals surface area contributed by atoms with Gasteiger partial charge in [0, 0.05) is 6.54 Å². The molecule has 1 unspecified atom stereocenters. The van der Waals surface area contributed by atoms with Gasteiger partial charge >= 0.3 is 0 Å². The Kier molecular flexibility index (Phi) is 4.38. The Morgan fingerprint density at radius 2 is 2.17 bits per heavy atom. The summed E-state index contributed by atoms with van der Waals surface area (Å²) in [5.41, 5.74) is 2.36. The number of carbonyl (C=O) groups excluding carboxylic acids is 1. The van der Waals surface area contributed by atoms with E-state index in [9.17, 15) is 4.79 Å². The van der Waals surface area contributed by atoms with Crippen LogP contribution in [0.3, 0.4) is 0 Å². The summed E-state index contributed by atoms with van der Waals surface area (Å²) in [5, 5.41) is 0. The molecular weight excluding hydrogens is 302 g/mol. The average molecular weight is 329 g/mol. The van der Waals surface area contributed by atoms with Gasteiger partial charge in [-0.1, -0.05) is 6.07 Å². The lowest BCUT2D eigenvalue weighted by molar-refractivity contribution is -0.160. The maximum atomic E-state index is 13.0. The largest absolute Gasteiger partial charge is 0.363 e. The summed E-state index contributed by atoms with van der Waals surface area (Å²) in [4.78, 5) is 23.1. The predicted molar refractivity (Wildman–Crippen MR) is 94.8 cm³/mol. The van der Waals surface area contributed by atoms with Crippen molar-refractivity contribution in [3.63, 3.8) is 0 Å². The Morgan fingerprint density at radius 1 is 1.42 bits per heavy atom. The van der Waals surface area contributed by atoms with Crippen LogP contribution < -0.4 is 0 Å². The van der Waals surface area contributed by atoms with Crippen LogP contribution in [-0.4, -0.2) is 39.0 Å². The van der Waals surface area contributed by atoms with Crippen molar-refractivity contribution >= 4 is 16.9 Å². The molecule has 0 saturated carbocycles. The number of nitrogens with one attached hydrogen (secondary N) is 1. The van der Waals surface area contributed by atoms with Crippen LogP contribution in [0.5, 0.6) is 0 Å². The Labute approximate surface area is 143 Å². The number of aromatic amines is 1. The first-order valence-corrected chi connectivity index (χ1v) is 8.73. The summed E-state index contributed by atoms with van der Waals surface area (Å²) in [6, 6.07) is 6.18. The van der Waals surface area contributed by atoms with Crippen LogP contribution in [-0.2, 0) is 9.53 Å². The number of imidazole rings is 1. The molecule has 2 heterocycles. The maximum absolute atomic E-state index is 13.0. The topological polar surface area (TPSA) is 58.2 Å². The van der Waals surface area contributed by atoms with E-state index >= 15 is 0 Å². The van der Waals surface area contributed by atoms with Gasteiger partial charge in [0.05, 0.1) is 23.2 Å². The second-order valence-electron chi connectivity index (χ2n) is 7.48. The molecule has 0 spiro atoms. The number of amides is 1. The first-order chi connectivity index (χ1) is 11.3. The van der Waals surface area contributed by atoms with Gasteiger partial charge in [-0.05, 0) is 65.2 Å². The molecule has 0 bridgehead atoms. The van der Waals surface area contributed by atoms with E-state index in [-0.39, 0.29) is 18.1 Å². The number of fused-ring (bicyclic) bond motifs is 1. The van der Waals surface area contributed by atoms with E-state index in [1.165, 1.54) is 5.56 Å². The Bertz CT molecular complexity index is 748. The van der Waals surface area contributed by atoms with E-state index in [2.05, 4.69) is 24.0 Å². The molecule has 1 aliphatic rings. The number of likely N-dealkylation sites (tertiary alicyclic amines) is 1. The number of nitrogens with zero attached hydrogens (tertiary/aromatic N) is 2. The minimum Gasteiger partial charge on any atom is -0.363 e. The zero-order valence-electron chi connectivity index (χ0n) is 15.2. The van der Waals surface area contributed by atoms with Gasteiger partial charge in [0.2, 0.25) is 0 Å². The van der Waals surface area contributed by atoms with Crippen LogP contribution >= 0.6 is 0 Å². The molecule has 0 radical (unpaired) electrons. The second-order valence-corrected chi connectivity index (χ2v) is 7.48. The summed E-state index contributed by atoms with van der Waals surface area (Å²) in [7, 11) is 0. The predicted octanol–water partition coefficient (Wildman–Crippen LogP) is 3.74. The van der Waals surface area contributed by atoms with Crippen molar-refractivity contribution in [1.82, 2.24) is 14.9 Å². The smallest absolute Gasteiger partial charge is 0.254 e. The minimum atomic E-state index is -0.820. The molecule has 1 fully saturated rings. The van der Waals surface area contributed by atoms with Crippen LogP contribution in [0.15, 0.2) is 18.2 Å².